The standard InChI is InChI=1S/C27H34N2O3.C4H8/c1-29-27-18-25(32-24-12-15-30-16-13-24)10-11-26(27)22(19-28)17-21-6-4-20(5-7-21)8-9-23-3-2-14-31-23;1-4-2-3-4/h4,6-7,10-11,17-18,20,23-24,29H,2-3,5,8-9,12-16H2,1H3;4H,2-3H2,1H3/b22-17+;. The van der Waals surface area contributed by atoms with E-state index in [4.69, 9.17) is 14.2 Å². The molecule has 2 heterocycles. The lowest BCUT2D eigenvalue weighted by Crippen LogP contribution is -2.25. The summed E-state index contributed by atoms with van der Waals surface area (Å²) in [4.78, 5) is 0. The molecule has 1 saturated carbocycles. The van der Waals surface area contributed by atoms with Crippen LogP contribution >= 0.6 is 0 Å². The van der Waals surface area contributed by atoms with E-state index in [2.05, 4.69) is 36.5 Å². The summed E-state index contributed by atoms with van der Waals surface area (Å²) in [6.45, 7) is 4.70. The molecule has 0 spiro atoms. The minimum absolute atomic E-state index is 0.191. The number of hydrogen-bond acceptors (Lipinski definition) is 5. The summed E-state index contributed by atoms with van der Waals surface area (Å²) in [7, 11) is 1.88. The Morgan fingerprint density at radius 3 is 2.56 bits per heavy atom. The SMILES string of the molecule is CC1CC1.CNc1cc(OC2CCOCC2)ccc1/C(C#N)=C/C1=CCC(CCC2CCCO2)C=C1. The van der Waals surface area contributed by atoms with Gasteiger partial charge in [-0.2, -0.15) is 5.26 Å². The fourth-order valence-electron chi connectivity index (χ4n) is 4.80. The highest BCUT2D eigenvalue weighted by molar-refractivity contribution is 5.86. The van der Waals surface area contributed by atoms with Gasteiger partial charge in [0, 0.05) is 43.8 Å². The van der Waals surface area contributed by atoms with Crippen molar-refractivity contribution in [2.45, 2.75) is 76.9 Å². The molecule has 2 saturated heterocycles. The summed E-state index contributed by atoms with van der Waals surface area (Å²) in [6, 6.07) is 8.32. The van der Waals surface area contributed by atoms with Crippen molar-refractivity contribution >= 4 is 11.3 Å². The van der Waals surface area contributed by atoms with E-state index in [-0.39, 0.29) is 6.10 Å². The molecule has 194 valence electrons. The van der Waals surface area contributed by atoms with Gasteiger partial charge in [0.25, 0.3) is 0 Å². The van der Waals surface area contributed by atoms with Crippen LogP contribution in [-0.2, 0) is 9.47 Å². The van der Waals surface area contributed by atoms with E-state index in [1.807, 2.05) is 31.3 Å². The van der Waals surface area contributed by atoms with Crippen molar-refractivity contribution in [2.75, 3.05) is 32.2 Å². The molecule has 1 aromatic rings. The predicted octanol–water partition coefficient (Wildman–Crippen LogP) is 7.07. The Kier molecular flexibility index (Phi) is 10.1. The third kappa shape index (κ3) is 8.25. The Morgan fingerprint density at radius 1 is 1.14 bits per heavy atom. The van der Waals surface area contributed by atoms with Crippen LogP contribution in [0.2, 0.25) is 0 Å². The van der Waals surface area contributed by atoms with Gasteiger partial charge in [-0.1, -0.05) is 38.0 Å². The average molecular weight is 491 g/mol. The summed E-state index contributed by atoms with van der Waals surface area (Å²) < 4.78 is 17.3. The summed E-state index contributed by atoms with van der Waals surface area (Å²) >= 11 is 0. The molecule has 0 radical (unpaired) electrons. The first-order valence-corrected chi connectivity index (χ1v) is 13.8. The molecule has 1 aromatic carbocycles. The molecule has 2 unspecified atom stereocenters. The molecule has 2 aliphatic heterocycles. The highest BCUT2D eigenvalue weighted by atomic mass is 16.5. The van der Waals surface area contributed by atoms with Gasteiger partial charge in [-0.05, 0) is 67.7 Å². The highest BCUT2D eigenvalue weighted by Gasteiger charge is 2.19. The number of rotatable bonds is 8. The second-order valence-electron chi connectivity index (χ2n) is 10.5. The minimum Gasteiger partial charge on any atom is -0.490 e. The van der Waals surface area contributed by atoms with Gasteiger partial charge in [-0.3, -0.25) is 0 Å². The molecule has 5 nitrogen and oxygen atoms in total. The lowest BCUT2D eigenvalue weighted by atomic mass is 9.90. The molecule has 1 N–H and O–H groups in total. The molecule has 0 amide bonds. The number of nitrogens with zero attached hydrogens (tertiary/aromatic N) is 1. The van der Waals surface area contributed by atoms with Gasteiger partial charge in [0.15, 0.2) is 0 Å². The molecule has 4 aliphatic rings. The van der Waals surface area contributed by atoms with Gasteiger partial charge < -0.3 is 19.5 Å². The largest absolute Gasteiger partial charge is 0.490 e. The van der Waals surface area contributed by atoms with Crippen LogP contribution < -0.4 is 10.1 Å². The van der Waals surface area contributed by atoms with Crippen LogP contribution in [0.5, 0.6) is 5.75 Å². The van der Waals surface area contributed by atoms with E-state index >= 15 is 0 Å². The van der Waals surface area contributed by atoms with Crippen molar-refractivity contribution in [3.05, 3.63) is 53.6 Å². The van der Waals surface area contributed by atoms with Crippen LogP contribution in [0, 0.1) is 23.2 Å². The first-order valence-electron chi connectivity index (χ1n) is 13.8. The molecule has 2 atom stereocenters. The average Bonchev–Trinajstić information content (AvgIpc) is 3.52. The molecule has 3 fully saturated rings. The molecule has 0 aromatic heterocycles. The fraction of sp³-hybridized carbons (Fsp3) is 0.581. The Hall–Kier alpha value is -2.55. The van der Waals surface area contributed by atoms with Crippen molar-refractivity contribution in [1.29, 1.82) is 5.26 Å². The van der Waals surface area contributed by atoms with Crippen LogP contribution in [-0.4, -0.2) is 39.1 Å². The van der Waals surface area contributed by atoms with Crippen molar-refractivity contribution in [1.82, 2.24) is 0 Å². The number of nitrogens with one attached hydrogen (secondary N) is 1. The summed E-state index contributed by atoms with van der Waals surface area (Å²) in [6.07, 6.45) is 19.9. The smallest absolute Gasteiger partial charge is 0.121 e. The van der Waals surface area contributed by atoms with Crippen molar-refractivity contribution in [3.63, 3.8) is 0 Å². The van der Waals surface area contributed by atoms with Gasteiger partial charge in [-0.15, -0.1) is 0 Å². The first-order chi connectivity index (χ1) is 17.6. The molecule has 2 aliphatic carbocycles. The summed E-state index contributed by atoms with van der Waals surface area (Å²) in [5.41, 5.74) is 3.54. The maximum atomic E-state index is 9.86. The van der Waals surface area contributed by atoms with Crippen molar-refractivity contribution < 1.29 is 14.2 Å². The predicted molar refractivity (Wildman–Crippen MR) is 146 cm³/mol. The van der Waals surface area contributed by atoms with Gasteiger partial charge in [0.05, 0.1) is 31.0 Å². The Morgan fingerprint density at radius 2 is 1.94 bits per heavy atom. The van der Waals surface area contributed by atoms with E-state index in [1.54, 1.807) is 0 Å². The number of hydrogen-bond donors (Lipinski definition) is 1. The Bertz CT molecular complexity index is 974. The number of allylic oxidation sites excluding steroid dienone is 6. The summed E-state index contributed by atoms with van der Waals surface area (Å²) in [5, 5.41) is 13.1. The second-order valence-corrected chi connectivity index (χ2v) is 10.5. The zero-order chi connectivity index (χ0) is 25.2. The van der Waals surface area contributed by atoms with Crippen LogP contribution in [0.25, 0.3) is 5.57 Å². The van der Waals surface area contributed by atoms with Crippen LogP contribution in [0.4, 0.5) is 5.69 Å². The number of nitriles is 1. The molecular weight excluding hydrogens is 448 g/mol. The lowest BCUT2D eigenvalue weighted by Gasteiger charge is -2.24. The maximum absolute atomic E-state index is 9.86. The van der Waals surface area contributed by atoms with Gasteiger partial charge in [0.2, 0.25) is 0 Å². The fourth-order valence-corrected chi connectivity index (χ4v) is 4.80. The van der Waals surface area contributed by atoms with Gasteiger partial charge in [-0.25, -0.2) is 0 Å². The molecule has 5 rings (SSSR count). The number of anilines is 1. The third-order valence-corrected chi connectivity index (χ3v) is 7.42. The van der Waals surface area contributed by atoms with Gasteiger partial charge >= 0.3 is 0 Å². The molecule has 36 heavy (non-hydrogen) atoms. The molecule has 0 bridgehead atoms. The molecular formula is C31H42N2O3. The van der Waals surface area contributed by atoms with Crippen LogP contribution in [0.3, 0.4) is 0 Å². The normalized spacial score (nSPS) is 24.4. The Labute approximate surface area is 217 Å². The van der Waals surface area contributed by atoms with E-state index in [1.165, 1.54) is 25.7 Å². The minimum atomic E-state index is 0.191. The first kappa shape index (κ1) is 26.5. The summed E-state index contributed by atoms with van der Waals surface area (Å²) in [5.74, 6) is 2.48. The topological polar surface area (TPSA) is 63.5 Å². The quantitative estimate of drug-likeness (QED) is 0.395. The number of ether oxygens (including phenoxy) is 3. The number of benzene rings is 1. The molecule has 5 heteroatoms. The van der Waals surface area contributed by atoms with Gasteiger partial charge in [0.1, 0.15) is 11.9 Å². The van der Waals surface area contributed by atoms with Crippen LogP contribution in [0.1, 0.15) is 70.3 Å². The van der Waals surface area contributed by atoms with E-state index in [0.717, 1.165) is 80.4 Å². The van der Waals surface area contributed by atoms with E-state index in [0.29, 0.717) is 17.6 Å². The van der Waals surface area contributed by atoms with Crippen molar-refractivity contribution in [3.8, 4) is 11.8 Å². The Balaban J connectivity index is 0.000000692. The van der Waals surface area contributed by atoms with Crippen LogP contribution in [0.15, 0.2) is 48.1 Å². The zero-order valence-electron chi connectivity index (χ0n) is 22.0. The lowest BCUT2D eigenvalue weighted by molar-refractivity contribution is 0.0256. The zero-order valence-corrected chi connectivity index (χ0v) is 22.0. The highest BCUT2D eigenvalue weighted by Crippen LogP contribution is 2.32. The second kappa shape index (κ2) is 13.7. The van der Waals surface area contributed by atoms with E-state index < -0.39 is 0 Å². The van der Waals surface area contributed by atoms with Crippen molar-refractivity contribution in [2.24, 2.45) is 11.8 Å². The van der Waals surface area contributed by atoms with E-state index in [9.17, 15) is 5.26 Å². The maximum Gasteiger partial charge on any atom is 0.121 e. The monoisotopic (exact) mass is 490 g/mol. The third-order valence-electron chi connectivity index (χ3n) is 7.42.